The van der Waals surface area contributed by atoms with Gasteiger partial charge in [0, 0.05) is 21.9 Å². The molecule has 4 aromatic rings. The number of aromatic nitrogens is 3. The first-order valence-corrected chi connectivity index (χ1v) is 13.9. The monoisotopic (exact) mass is 529 g/mol. The molecule has 0 unspecified atom stereocenters. The van der Waals surface area contributed by atoms with E-state index in [1.54, 1.807) is 16.7 Å². The van der Waals surface area contributed by atoms with Crippen molar-refractivity contribution in [2.45, 2.75) is 48.3 Å². The smallest absolute Gasteiger partial charge is 0.251 e. The lowest BCUT2D eigenvalue weighted by Gasteiger charge is -2.30. The first-order chi connectivity index (χ1) is 18.0. The minimum absolute atomic E-state index is 0.0295. The number of carbonyl (C=O) groups excluding carboxylic acids is 2. The minimum Gasteiger partial charge on any atom is -0.342 e. The standard InChI is InChI=1S/C28H27N5O2S2/c1-4-32-26(19(3)29-27(35)20-15-13-18(2)14-16-20)30-31-28(32)36-17-25(34)33-21-9-5-7-11-23(21)37-24-12-8-6-10-22(24)33/h5-16,19H,4,17H2,1-3H3,(H,29,35)/t19-/m1/s1. The predicted octanol–water partition coefficient (Wildman–Crippen LogP) is 6.02. The predicted molar refractivity (Wildman–Crippen MR) is 148 cm³/mol. The van der Waals surface area contributed by atoms with Gasteiger partial charge in [-0.25, -0.2) is 0 Å². The summed E-state index contributed by atoms with van der Waals surface area (Å²) in [5, 5.41) is 12.4. The van der Waals surface area contributed by atoms with Crippen LogP contribution in [0.4, 0.5) is 11.4 Å². The van der Waals surface area contributed by atoms with Crippen molar-refractivity contribution in [3.8, 4) is 0 Å². The summed E-state index contributed by atoms with van der Waals surface area (Å²) in [6.45, 7) is 6.50. The maximum absolute atomic E-state index is 13.5. The minimum atomic E-state index is -0.343. The van der Waals surface area contributed by atoms with Crippen molar-refractivity contribution in [3.05, 3.63) is 89.7 Å². The fourth-order valence-electron chi connectivity index (χ4n) is 4.24. The molecule has 3 aromatic carbocycles. The van der Waals surface area contributed by atoms with Crippen molar-refractivity contribution in [2.24, 2.45) is 0 Å². The summed E-state index contributed by atoms with van der Waals surface area (Å²) in [5.74, 6) is 0.666. The van der Waals surface area contributed by atoms with E-state index in [0.29, 0.717) is 23.1 Å². The summed E-state index contributed by atoms with van der Waals surface area (Å²) in [4.78, 5) is 30.2. The molecule has 1 N–H and O–H groups in total. The maximum Gasteiger partial charge on any atom is 0.251 e. The van der Waals surface area contributed by atoms with E-state index < -0.39 is 0 Å². The molecule has 2 heterocycles. The molecular formula is C28H27N5O2S2. The van der Waals surface area contributed by atoms with Crippen molar-refractivity contribution in [1.29, 1.82) is 0 Å². The Morgan fingerprint density at radius 1 is 0.946 bits per heavy atom. The number of anilines is 2. The molecule has 1 aromatic heterocycles. The number of carbonyl (C=O) groups is 2. The molecule has 5 rings (SSSR count). The van der Waals surface area contributed by atoms with Crippen LogP contribution in [0, 0.1) is 6.92 Å². The summed E-state index contributed by atoms with van der Waals surface area (Å²) in [6, 6.07) is 23.0. The summed E-state index contributed by atoms with van der Waals surface area (Å²) in [7, 11) is 0. The number of hydrogen-bond acceptors (Lipinski definition) is 6. The number of thioether (sulfide) groups is 1. The molecule has 0 fully saturated rings. The number of amides is 2. The van der Waals surface area contributed by atoms with Gasteiger partial charge in [-0.15, -0.1) is 10.2 Å². The van der Waals surface area contributed by atoms with Crippen LogP contribution in [-0.2, 0) is 11.3 Å². The highest BCUT2D eigenvalue weighted by atomic mass is 32.2. The Morgan fingerprint density at radius 3 is 2.19 bits per heavy atom. The van der Waals surface area contributed by atoms with Gasteiger partial charge in [0.25, 0.3) is 5.91 Å². The molecule has 0 spiro atoms. The molecule has 9 heteroatoms. The van der Waals surface area contributed by atoms with E-state index in [4.69, 9.17) is 0 Å². The topological polar surface area (TPSA) is 80.1 Å². The van der Waals surface area contributed by atoms with E-state index >= 15 is 0 Å². The second-order valence-electron chi connectivity index (χ2n) is 8.70. The number of aryl methyl sites for hydroxylation is 1. The van der Waals surface area contributed by atoms with Crippen LogP contribution in [-0.4, -0.2) is 32.3 Å². The number of rotatable bonds is 7. The van der Waals surface area contributed by atoms with E-state index in [1.165, 1.54) is 11.8 Å². The van der Waals surface area contributed by atoms with E-state index in [-0.39, 0.29) is 23.6 Å². The fraction of sp³-hybridized carbons (Fsp3) is 0.214. The van der Waals surface area contributed by atoms with Crippen LogP contribution in [0.5, 0.6) is 0 Å². The van der Waals surface area contributed by atoms with Crippen LogP contribution in [0.1, 0.15) is 41.6 Å². The van der Waals surface area contributed by atoms with Crippen LogP contribution in [0.3, 0.4) is 0 Å². The second kappa shape index (κ2) is 10.8. The Hall–Kier alpha value is -3.56. The van der Waals surface area contributed by atoms with Crippen molar-refractivity contribution in [1.82, 2.24) is 20.1 Å². The summed E-state index contributed by atoms with van der Waals surface area (Å²) in [5.41, 5.74) is 3.48. The van der Waals surface area contributed by atoms with Crippen molar-refractivity contribution >= 4 is 46.7 Å². The zero-order chi connectivity index (χ0) is 25.9. The zero-order valence-corrected chi connectivity index (χ0v) is 22.5. The molecule has 0 aliphatic carbocycles. The third-order valence-corrected chi connectivity index (χ3v) is 8.20. The van der Waals surface area contributed by atoms with E-state index in [9.17, 15) is 9.59 Å². The van der Waals surface area contributed by atoms with Gasteiger partial charge in [-0.2, -0.15) is 0 Å². The Kier molecular flexibility index (Phi) is 7.34. The van der Waals surface area contributed by atoms with Crippen LogP contribution < -0.4 is 10.2 Å². The average Bonchev–Trinajstić information content (AvgIpc) is 3.33. The molecule has 37 heavy (non-hydrogen) atoms. The normalized spacial score (nSPS) is 13.0. The quantitative estimate of drug-likeness (QED) is 0.295. The van der Waals surface area contributed by atoms with Gasteiger partial charge in [0.05, 0.1) is 23.2 Å². The van der Waals surface area contributed by atoms with Gasteiger partial charge in [-0.1, -0.05) is 65.5 Å². The fourth-order valence-corrected chi connectivity index (χ4v) is 6.15. The van der Waals surface area contributed by atoms with Crippen LogP contribution in [0.25, 0.3) is 0 Å². The molecule has 2 amide bonds. The Bertz CT molecular complexity index is 1410. The van der Waals surface area contributed by atoms with Gasteiger partial charge >= 0.3 is 0 Å². The average molecular weight is 530 g/mol. The number of fused-ring (bicyclic) bond motifs is 2. The van der Waals surface area contributed by atoms with Gasteiger partial charge in [-0.05, 0) is 57.2 Å². The lowest BCUT2D eigenvalue weighted by molar-refractivity contribution is -0.115. The van der Waals surface area contributed by atoms with Gasteiger partial charge in [0.2, 0.25) is 5.91 Å². The molecule has 188 valence electrons. The highest BCUT2D eigenvalue weighted by molar-refractivity contribution is 8.00. The van der Waals surface area contributed by atoms with E-state index in [2.05, 4.69) is 15.5 Å². The second-order valence-corrected chi connectivity index (χ2v) is 10.7. The molecule has 1 aliphatic rings. The van der Waals surface area contributed by atoms with Crippen LogP contribution in [0.15, 0.2) is 87.7 Å². The summed E-state index contributed by atoms with van der Waals surface area (Å²) >= 11 is 3.03. The number of benzene rings is 3. The largest absolute Gasteiger partial charge is 0.342 e. The van der Waals surface area contributed by atoms with Crippen molar-refractivity contribution < 1.29 is 9.59 Å². The van der Waals surface area contributed by atoms with Gasteiger partial charge < -0.3 is 9.88 Å². The third-order valence-electron chi connectivity index (χ3n) is 6.12. The Labute approximate surface area is 224 Å². The molecule has 1 aliphatic heterocycles. The summed E-state index contributed by atoms with van der Waals surface area (Å²) < 4.78 is 1.95. The van der Waals surface area contributed by atoms with Crippen LogP contribution >= 0.6 is 23.5 Å². The van der Waals surface area contributed by atoms with Gasteiger partial charge in [0.1, 0.15) is 0 Å². The zero-order valence-electron chi connectivity index (χ0n) is 20.8. The van der Waals surface area contributed by atoms with E-state index in [1.807, 2.05) is 98.1 Å². The molecule has 0 saturated heterocycles. The molecule has 0 saturated carbocycles. The van der Waals surface area contributed by atoms with Gasteiger partial charge in [0.15, 0.2) is 11.0 Å². The first kappa shape index (κ1) is 25.1. The molecule has 0 radical (unpaired) electrons. The maximum atomic E-state index is 13.5. The highest BCUT2D eigenvalue weighted by Gasteiger charge is 2.28. The lowest BCUT2D eigenvalue weighted by Crippen LogP contribution is -2.30. The third kappa shape index (κ3) is 5.14. The van der Waals surface area contributed by atoms with Crippen molar-refractivity contribution in [2.75, 3.05) is 10.7 Å². The van der Waals surface area contributed by atoms with Crippen molar-refractivity contribution in [3.63, 3.8) is 0 Å². The first-order valence-electron chi connectivity index (χ1n) is 12.1. The lowest BCUT2D eigenvalue weighted by atomic mass is 10.1. The molecular weight excluding hydrogens is 502 g/mol. The Balaban J connectivity index is 1.31. The Morgan fingerprint density at radius 2 is 1.57 bits per heavy atom. The van der Waals surface area contributed by atoms with Crippen LogP contribution in [0.2, 0.25) is 0 Å². The number of nitrogens with one attached hydrogen (secondary N) is 1. The van der Waals surface area contributed by atoms with E-state index in [0.717, 1.165) is 26.7 Å². The highest BCUT2D eigenvalue weighted by Crippen LogP contribution is 2.48. The molecule has 1 atom stereocenters. The van der Waals surface area contributed by atoms with Gasteiger partial charge in [-0.3, -0.25) is 14.5 Å². The number of hydrogen-bond donors (Lipinski definition) is 1. The SMILES string of the molecule is CCn1c(SCC(=O)N2c3ccccc3Sc3ccccc32)nnc1[C@@H](C)NC(=O)c1ccc(C)cc1. The summed E-state index contributed by atoms with van der Waals surface area (Å²) in [6.07, 6.45) is 0. The molecule has 0 bridgehead atoms. The molecule has 7 nitrogen and oxygen atoms in total. The number of para-hydroxylation sites is 2. The number of nitrogens with zero attached hydrogens (tertiary/aromatic N) is 4.